The van der Waals surface area contributed by atoms with Gasteiger partial charge in [0.15, 0.2) is 8.32 Å². The predicted octanol–water partition coefficient (Wildman–Crippen LogP) is 5.50. The van der Waals surface area contributed by atoms with Gasteiger partial charge in [0.25, 0.3) is 0 Å². The Morgan fingerprint density at radius 2 is 1.90 bits per heavy atom. The monoisotopic (exact) mass is 428 g/mol. The van der Waals surface area contributed by atoms with Crippen LogP contribution in [0.3, 0.4) is 0 Å². The molecule has 5 nitrogen and oxygen atoms in total. The summed E-state index contributed by atoms with van der Waals surface area (Å²) >= 11 is 0. The van der Waals surface area contributed by atoms with Gasteiger partial charge < -0.3 is 18.6 Å². The first-order valence-electron chi connectivity index (χ1n) is 11.2. The van der Waals surface area contributed by atoms with E-state index in [1.165, 1.54) is 12.8 Å². The summed E-state index contributed by atoms with van der Waals surface area (Å²) in [4.78, 5) is 12.2. The lowest BCUT2D eigenvalue weighted by molar-refractivity contribution is -0.117. The summed E-state index contributed by atoms with van der Waals surface area (Å²) in [6.07, 6.45) is 9.85. The second kappa shape index (κ2) is 13.0. The number of ketones is 1. The van der Waals surface area contributed by atoms with Crippen LogP contribution in [0.25, 0.3) is 0 Å². The molecule has 1 saturated carbocycles. The van der Waals surface area contributed by atoms with Crippen molar-refractivity contribution in [3.05, 3.63) is 12.2 Å². The van der Waals surface area contributed by atoms with E-state index in [0.717, 1.165) is 12.8 Å². The fourth-order valence-corrected chi connectivity index (χ4v) is 4.53. The largest absolute Gasteiger partial charge is 0.413 e. The number of carbonyl (C=O) groups is 1. The molecule has 1 rings (SSSR count). The normalized spacial score (nSPS) is 22.0. The van der Waals surface area contributed by atoms with E-state index in [4.69, 9.17) is 18.6 Å². The fraction of sp³-hybridized carbons (Fsp3) is 0.870. The Morgan fingerprint density at radius 1 is 1.17 bits per heavy atom. The molecule has 29 heavy (non-hydrogen) atoms. The summed E-state index contributed by atoms with van der Waals surface area (Å²) in [6, 6.07) is 0. The molecule has 1 aliphatic carbocycles. The van der Waals surface area contributed by atoms with Crippen LogP contribution in [0.1, 0.15) is 66.2 Å². The standard InChI is InChI=1S/C23H44O5Si/c1-8-9-10-11-21(27-18-26-15-14-25-5)13-12-19-16-20(24)17-22(19)28-29(6,7)23(2,3)4/h12-13,19,21-22H,8-11,14-18H2,1-7H3/b13-12-/t19-,21-,22+/m1/s1. The van der Waals surface area contributed by atoms with Crippen molar-refractivity contribution in [1.29, 1.82) is 0 Å². The van der Waals surface area contributed by atoms with Gasteiger partial charge in [0.05, 0.1) is 25.4 Å². The number of unbranched alkanes of at least 4 members (excludes halogenated alkanes) is 2. The minimum Gasteiger partial charge on any atom is -0.413 e. The van der Waals surface area contributed by atoms with Gasteiger partial charge in [-0.05, 0) is 24.6 Å². The van der Waals surface area contributed by atoms with Crippen LogP contribution < -0.4 is 0 Å². The van der Waals surface area contributed by atoms with Gasteiger partial charge in [-0.1, -0.05) is 59.1 Å². The molecule has 0 radical (unpaired) electrons. The van der Waals surface area contributed by atoms with Crippen molar-refractivity contribution in [3.63, 3.8) is 0 Å². The minimum absolute atomic E-state index is 0.00566. The minimum atomic E-state index is -1.91. The summed E-state index contributed by atoms with van der Waals surface area (Å²) in [5.41, 5.74) is 0. The molecule has 1 aliphatic rings. The van der Waals surface area contributed by atoms with E-state index >= 15 is 0 Å². The van der Waals surface area contributed by atoms with Crippen LogP contribution in [-0.4, -0.2) is 53.4 Å². The smallest absolute Gasteiger partial charge is 0.192 e. The summed E-state index contributed by atoms with van der Waals surface area (Å²) in [6.45, 7) is 14.8. The number of hydrogen-bond donors (Lipinski definition) is 0. The van der Waals surface area contributed by atoms with Gasteiger partial charge >= 0.3 is 0 Å². The lowest BCUT2D eigenvalue weighted by Crippen LogP contribution is -2.44. The number of methoxy groups -OCH3 is 1. The second-order valence-corrected chi connectivity index (χ2v) is 14.4. The van der Waals surface area contributed by atoms with E-state index in [0.29, 0.717) is 31.8 Å². The highest BCUT2D eigenvalue weighted by Gasteiger charge is 2.43. The van der Waals surface area contributed by atoms with Crippen LogP contribution in [0.5, 0.6) is 0 Å². The third-order valence-electron chi connectivity index (χ3n) is 6.08. The number of ether oxygens (including phenoxy) is 3. The molecular weight excluding hydrogens is 384 g/mol. The zero-order valence-corrected chi connectivity index (χ0v) is 20.8. The van der Waals surface area contributed by atoms with E-state index in [1.807, 2.05) is 0 Å². The van der Waals surface area contributed by atoms with E-state index in [2.05, 4.69) is 52.9 Å². The average Bonchev–Trinajstić information content (AvgIpc) is 2.96. The molecule has 1 fully saturated rings. The van der Waals surface area contributed by atoms with Gasteiger partial charge in [-0.3, -0.25) is 4.79 Å². The van der Waals surface area contributed by atoms with Gasteiger partial charge in [-0.25, -0.2) is 0 Å². The summed E-state index contributed by atoms with van der Waals surface area (Å²) in [5.74, 6) is 0.443. The second-order valence-electron chi connectivity index (χ2n) is 9.63. The molecule has 0 N–H and O–H groups in total. The first-order valence-corrected chi connectivity index (χ1v) is 14.1. The molecule has 0 bridgehead atoms. The van der Waals surface area contributed by atoms with Crippen molar-refractivity contribution in [2.45, 2.75) is 96.6 Å². The fourth-order valence-electron chi connectivity index (χ4n) is 3.16. The quantitative estimate of drug-likeness (QED) is 0.158. The number of hydrogen-bond acceptors (Lipinski definition) is 5. The summed E-state index contributed by atoms with van der Waals surface area (Å²) in [7, 11) is -0.248. The maximum atomic E-state index is 12.2. The number of carbonyl (C=O) groups excluding carboxylic acids is 1. The third kappa shape index (κ3) is 9.88. The number of Topliss-reactive ketones (excluding diaryl/α,β-unsaturated/α-hetero) is 1. The molecule has 0 aromatic heterocycles. The summed E-state index contributed by atoms with van der Waals surface area (Å²) < 4.78 is 23.0. The van der Waals surface area contributed by atoms with E-state index in [1.54, 1.807) is 7.11 Å². The molecule has 0 aromatic carbocycles. The van der Waals surface area contributed by atoms with Gasteiger partial charge in [0, 0.05) is 25.9 Å². The lowest BCUT2D eigenvalue weighted by Gasteiger charge is -2.39. The van der Waals surface area contributed by atoms with Gasteiger partial charge in [0.2, 0.25) is 0 Å². The first kappa shape index (κ1) is 26.5. The topological polar surface area (TPSA) is 54.0 Å². The molecule has 6 heteroatoms. The maximum absolute atomic E-state index is 12.2. The maximum Gasteiger partial charge on any atom is 0.192 e. The average molecular weight is 429 g/mol. The molecule has 0 saturated heterocycles. The van der Waals surface area contributed by atoms with Crippen LogP contribution in [0.2, 0.25) is 18.1 Å². The van der Waals surface area contributed by atoms with Crippen LogP contribution in [0.4, 0.5) is 0 Å². The van der Waals surface area contributed by atoms with E-state index in [-0.39, 0.29) is 30.0 Å². The Hall–Kier alpha value is -0.533. The van der Waals surface area contributed by atoms with Gasteiger partial charge in [-0.15, -0.1) is 0 Å². The van der Waals surface area contributed by atoms with Crippen molar-refractivity contribution >= 4 is 14.1 Å². The first-order chi connectivity index (χ1) is 13.6. The van der Waals surface area contributed by atoms with Crippen molar-refractivity contribution in [2.24, 2.45) is 5.92 Å². The van der Waals surface area contributed by atoms with Crippen LogP contribution in [0.15, 0.2) is 12.2 Å². The number of rotatable bonds is 14. The lowest BCUT2D eigenvalue weighted by atomic mass is 10.0. The molecule has 170 valence electrons. The molecule has 0 aliphatic heterocycles. The van der Waals surface area contributed by atoms with Crippen LogP contribution in [0, 0.1) is 5.92 Å². The molecular formula is C23H44O5Si. The van der Waals surface area contributed by atoms with Crippen molar-refractivity contribution in [2.75, 3.05) is 27.1 Å². The van der Waals surface area contributed by atoms with Crippen LogP contribution in [-0.2, 0) is 23.4 Å². The molecule has 0 amide bonds. The molecule has 0 aromatic rings. The van der Waals surface area contributed by atoms with Crippen molar-refractivity contribution in [3.8, 4) is 0 Å². The highest BCUT2D eigenvalue weighted by molar-refractivity contribution is 6.74. The molecule has 0 heterocycles. The van der Waals surface area contributed by atoms with Gasteiger partial charge in [0.1, 0.15) is 12.6 Å². The van der Waals surface area contributed by atoms with Crippen molar-refractivity contribution in [1.82, 2.24) is 0 Å². The molecule has 3 atom stereocenters. The Bertz CT molecular complexity index is 498. The zero-order chi connectivity index (χ0) is 21.9. The molecule has 0 unspecified atom stereocenters. The van der Waals surface area contributed by atoms with Crippen molar-refractivity contribution < 1.29 is 23.4 Å². The van der Waals surface area contributed by atoms with E-state index in [9.17, 15) is 4.79 Å². The molecule has 0 spiro atoms. The Balaban J connectivity index is 2.70. The van der Waals surface area contributed by atoms with E-state index < -0.39 is 8.32 Å². The Kier molecular flexibility index (Phi) is 11.9. The highest BCUT2D eigenvalue weighted by Crippen LogP contribution is 2.40. The zero-order valence-electron chi connectivity index (χ0n) is 19.8. The predicted molar refractivity (Wildman–Crippen MR) is 121 cm³/mol. The Morgan fingerprint density at radius 3 is 2.52 bits per heavy atom. The summed E-state index contributed by atoms with van der Waals surface area (Å²) in [5, 5.41) is 0.137. The third-order valence-corrected chi connectivity index (χ3v) is 10.6. The van der Waals surface area contributed by atoms with Crippen LogP contribution >= 0.6 is 0 Å². The van der Waals surface area contributed by atoms with Gasteiger partial charge in [-0.2, -0.15) is 0 Å². The Labute approximate surface area is 179 Å². The SMILES string of the molecule is CCCCC[C@H](/C=C\[C@@H]1CC(=O)C[C@@H]1O[Si](C)(C)C(C)(C)C)OCOCCOC. The highest BCUT2D eigenvalue weighted by atomic mass is 28.4.